The fourth-order valence-electron chi connectivity index (χ4n) is 1.60. The summed E-state index contributed by atoms with van der Waals surface area (Å²) in [5.74, 6) is -1.90. The Kier molecular flexibility index (Phi) is 5.78. The molecule has 0 radical (unpaired) electrons. The molecule has 122 valence electrons. The summed E-state index contributed by atoms with van der Waals surface area (Å²) < 4.78 is 38.6. The monoisotopic (exact) mass is 338 g/mol. The van der Waals surface area contributed by atoms with Gasteiger partial charge in [-0.2, -0.15) is 13.2 Å². The molecule has 1 rings (SSSR count). The second-order valence-corrected chi connectivity index (χ2v) is 5.10. The Morgan fingerprint density at radius 3 is 2.50 bits per heavy atom. The van der Waals surface area contributed by atoms with E-state index >= 15 is 0 Å². The van der Waals surface area contributed by atoms with Gasteiger partial charge in [-0.05, 0) is 32.2 Å². The number of rotatable bonds is 5. The van der Waals surface area contributed by atoms with E-state index in [1.165, 1.54) is 24.9 Å². The lowest BCUT2D eigenvalue weighted by Crippen LogP contribution is -2.40. The SMILES string of the molecule is CC(C(=O)O)N(C)CC(=O)Nc1ccc(Cl)cc1C(F)(F)F. The first-order valence-corrected chi connectivity index (χ1v) is 6.50. The zero-order chi connectivity index (χ0) is 17.1. The lowest BCUT2D eigenvalue weighted by Gasteiger charge is -2.21. The average Bonchev–Trinajstić information content (AvgIpc) is 2.38. The third-order valence-corrected chi connectivity index (χ3v) is 3.21. The summed E-state index contributed by atoms with van der Waals surface area (Å²) in [5, 5.41) is 10.8. The molecule has 0 saturated carbocycles. The van der Waals surface area contributed by atoms with Gasteiger partial charge >= 0.3 is 12.1 Å². The standard InChI is InChI=1S/C13H14ClF3N2O3/c1-7(12(21)22)19(2)6-11(20)18-10-4-3-8(14)5-9(10)13(15,16)17/h3-5,7H,6H2,1-2H3,(H,18,20)(H,21,22). The molecule has 0 aliphatic heterocycles. The maximum atomic E-state index is 12.9. The first-order chi connectivity index (χ1) is 10.0. The third kappa shape index (κ3) is 4.88. The van der Waals surface area contributed by atoms with Crippen LogP contribution in [0.5, 0.6) is 0 Å². The number of alkyl halides is 3. The number of carboxylic acid groups (broad SMARTS) is 1. The molecule has 0 saturated heterocycles. The van der Waals surface area contributed by atoms with Crippen molar-refractivity contribution in [3.05, 3.63) is 28.8 Å². The quantitative estimate of drug-likeness (QED) is 0.866. The number of hydrogen-bond acceptors (Lipinski definition) is 3. The van der Waals surface area contributed by atoms with Crippen LogP contribution in [0.2, 0.25) is 5.02 Å². The van der Waals surface area contributed by atoms with Crippen molar-refractivity contribution in [1.82, 2.24) is 4.90 Å². The van der Waals surface area contributed by atoms with Gasteiger partial charge in [0.15, 0.2) is 0 Å². The first-order valence-electron chi connectivity index (χ1n) is 6.12. The molecule has 1 unspecified atom stereocenters. The number of hydrogen-bond donors (Lipinski definition) is 2. The van der Waals surface area contributed by atoms with Gasteiger partial charge in [0.2, 0.25) is 5.91 Å². The van der Waals surface area contributed by atoms with Gasteiger partial charge in [-0.15, -0.1) is 0 Å². The van der Waals surface area contributed by atoms with Crippen molar-refractivity contribution in [3.63, 3.8) is 0 Å². The Bertz CT molecular complexity index is 578. The zero-order valence-electron chi connectivity index (χ0n) is 11.7. The van der Waals surface area contributed by atoms with E-state index in [0.29, 0.717) is 6.07 Å². The molecule has 0 aliphatic rings. The number of carbonyl (C=O) groups excluding carboxylic acids is 1. The van der Waals surface area contributed by atoms with E-state index < -0.39 is 35.3 Å². The maximum Gasteiger partial charge on any atom is 0.418 e. The summed E-state index contributed by atoms with van der Waals surface area (Å²) in [6.07, 6.45) is -4.67. The van der Waals surface area contributed by atoms with E-state index in [1.54, 1.807) is 0 Å². The molecule has 1 aromatic rings. The average molecular weight is 339 g/mol. The number of aliphatic carboxylic acids is 1. The molecule has 1 amide bonds. The van der Waals surface area contributed by atoms with Gasteiger partial charge in [-0.1, -0.05) is 11.6 Å². The van der Waals surface area contributed by atoms with E-state index in [2.05, 4.69) is 5.32 Å². The Labute approximate surface area is 129 Å². The summed E-state index contributed by atoms with van der Waals surface area (Å²) in [6, 6.07) is 2.03. The number of likely N-dealkylation sites (N-methyl/N-ethyl adjacent to an activating group) is 1. The number of amides is 1. The molecule has 0 aromatic heterocycles. The van der Waals surface area contributed by atoms with E-state index in [0.717, 1.165) is 6.07 Å². The van der Waals surface area contributed by atoms with Crippen molar-refractivity contribution >= 4 is 29.2 Å². The second-order valence-electron chi connectivity index (χ2n) is 4.67. The summed E-state index contributed by atoms with van der Waals surface area (Å²) in [4.78, 5) is 23.7. The fourth-order valence-corrected chi connectivity index (χ4v) is 1.77. The van der Waals surface area contributed by atoms with Crippen LogP contribution < -0.4 is 5.32 Å². The Morgan fingerprint density at radius 2 is 2.00 bits per heavy atom. The topological polar surface area (TPSA) is 69.6 Å². The Morgan fingerprint density at radius 1 is 1.41 bits per heavy atom. The molecule has 9 heteroatoms. The van der Waals surface area contributed by atoms with Gasteiger partial charge in [0.05, 0.1) is 17.8 Å². The van der Waals surface area contributed by atoms with Gasteiger partial charge in [-0.25, -0.2) is 0 Å². The minimum Gasteiger partial charge on any atom is -0.480 e. The zero-order valence-corrected chi connectivity index (χ0v) is 12.5. The van der Waals surface area contributed by atoms with Crippen molar-refractivity contribution in [1.29, 1.82) is 0 Å². The molecule has 2 N–H and O–H groups in total. The van der Waals surface area contributed by atoms with Crippen molar-refractivity contribution < 1.29 is 27.9 Å². The molecule has 0 bridgehead atoms. The minimum absolute atomic E-state index is 0.109. The van der Waals surface area contributed by atoms with Crippen molar-refractivity contribution in [2.75, 3.05) is 18.9 Å². The fraction of sp³-hybridized carbons (Fsp3) is 0.385. The number of halogens is 4. The molecule has 0 spiro atoms. The number of nitrogens with zero attached hydrogens (tertiary/aromatic N) is 1. The molecule has 1 atom stereocenters. The van der Waals surface area contributed by atoms with Crippen LogP contribution >= 0.6 is 11.6 Å². The highest BCUT2D eigenvalue weighted by molar-refractivity contribution is 6.30. The smallest absolute Gasteiger partial charge is 0.418 e. The number of anilines is 1. The van der Waals surface area contributed by atoms with Crippen LogP contribution in [-0.4, -0.2) is 41.5 Å². The van der Waals surface area contributed by atoms with Gasteiger partial charge < -0.3 is 10.4 Å². The van der Waals surface area contributed by atoms with E-state index in [9.17, 15) is 22.8 Å². The Balaban J connectivity index is 2.87. The predicted molar refractivity (Wildman–Crippen MR) is 74.8 cm³/mol. The third-order valence-electron chi connectivity index (χ3n) is 2.97. The summed E-state index contributed by atoms with van der Waals surface area (Å²) in [6.45, 7) is 0.992. The van der Waals surface area contributed by atoms with Crippen LogP contribution in [-0.2, 0) is 15.8 Å². The van der Waals surface area contributed by atoms with Crippen LogP contribution in [0.1, 0.15) is 12.5 Å². The highest BCUT2D eigenvalue weighted by Gasteiger charge is 2.34. The number of carboxylic acids is 1. The summed E-state index contributed by atoms with van der Waals surface area (Å²) in [5.41, 5.74) is -1.50. The normalized spacial score (nSPS) is 13.0. The molecular formula is C13H14ClF3N2O3. The van der Waals surface area contributed by atoms with Crippen LogP contribution in [0.4, 0.5) is 18.9 Å². The maximum absolute atomic E-state index is 12.9. The van der Waals surface area contributed by atoms with Crippen molar-refractivity contribution in [2.45, 2.75) is 19.1 Å². The van der Waals surface area contributed by atoms with Gasteiger partial charge in [0.25, 0.3) is 0 Å². The van der Waals surface area contributed by atoms with Gasteiger partial charge in [0.1, 0.15) is 6.04 Å². The number of benzene rings is 1. The predicted octanol–water partition coefficient (Wildman–Crippen LogP) is 2.70. The van der Waals surface area contributed by atoms with Crippen LogP contribution in [0, 0.1) is 0 Å². The van der Waals surface area contributed by atoms with Crippen LogP contribution in [0.25, 0.3) is 0 Å². The first kappa shape index (κ1) is 18.2. The molecule has 0 heterocycles. The summed E-state index contributed by atoms with van der Waals surface area (Å²) >= 11 is 5.53. The second kappa shape index (κ2) is 6.97. The molecule has 1 aromatic carbocycles. The van der Waals surface area contributed by atoms with Crippen molar-refractivity contribution in [2.24, 2.45) is 0 Å². The summed E-state index contributed by atoms with van der Waals surface area (Å²) in [7, 11) is 1.38. The lowest BCUT2D eigenvalue weighted by atomic mass is 10.1. The van der Waals surface area contributed by atoms with E-state index in [4.69, 9.17) is 16.7 Å². The molecular weight excluding hydrogens is 325 g/mol. The van der Waals surface area contributed by atoms with Crippen LogP contribution in [0.3, 0.4) is 0 Å². The lowest BCUT2D eigenvalue weighted by molar-refractivity contribution is -0.142. The minimum atomic E-state index is -4.67. The molecule has 0 fully saturated rings. The highest BCUT2D eigenvalue weighted by atomic mass is 35.5. The largest absolute Gasteiger partial charge is 0.480 e. The number of nitrogens with one attached hydrogen (secondary N) is 1. The van der Waals surface area contributed by atoms with E-state index in [1.807, 2.05) is 0 Å². The highest BCUT2D eigenvalue weighted by Crippen LogP contribution is 2.36. The van der Waals surface area contributed by atoms with Crippen molar-refractivity contribution in [3.8, 4) is 0 Å². The van der Waals surface area contributed by atoms with Gasteiger partial charge in [0, 0.05) is 5.02 Å². The molecule has 22 heavy (non-hydrogen) atoms. The van der Waals surface area contributed by atoms with Gasteiger partial charge in [-0.3, -0.25) is 14.5 Å². The molecule has 0 aliphatic carbocycles. The van der Waals surface area contributed by atoms with Crippen LogP contribution in [0.15, 0.2) is 18.2 Å². The molecule has 5 nitrogen and oxygen atoms in total. The Hall–Kier alpha value is -1.80. The number of carbonyl (C=O) groups is 2. The van der Waals surface area contributed by atoms with E-state index in [-0.39, 0.29) is 11.6 Å².